The second-order valence-electron chi connectivity index (χ2n) is 4.33. The highest BCUT2D eigenvalue weighted by atomic mass is 16.5. The molecule has 0 aliphatic heterocycles. The van der Waals surface area contributed by atoms with Gasteiger partial charge in [-0.1, -0.05) is 6.92 Å². The Morgan fingerprint density at radius 2 is 2.37 bits per heavy atom. The van der Waals surface area contributed by atoms with Crippen LogP contribution in [0.1, 0.15) is 41.8 Å². The number of carbonyl (C=O) groups is 1. The maximum Gasteiger partial charge on any atom is 0.338 e. The Morgan fingerprint density at radius 3 is 3.00 bits per heavy atom. The molecule has 5 nitrogen and oxygen atoms in total. The zero-order chi connectivity index (χ0) is 13.8. The van der Waals surface area contributed by atoms with Gasteiger partial charge < -0.3 is 4.74 Å². The van der Waals surface area contributed by atoms with Crippen LogP contribution in [0.15, 0.2) is 18.3 Å². The van der Waals surface area contributed by atoms with E-state index in [1.807, 2.05) is 6.07 Å². The smallest absolute Gasteiger partial charge is 0.338 e. The molecule has 2 rings (SSSR count). The van der Waals surface area contributed by atoms with Gasteiger partial charge in [-0.25, -0.2) is 4.79 Å². The number of methoxy groups -OCH3 is 1. The first-order chi connectivity index (χ1) is 9.21. The number of hydrogen-bond acceptors (Lipinski definition) is 3. The fourth-order valence-electron chi connectivity index (χ4n) is 2.15. The Bertz CT molecular complexity index is 604. The van der Waals surface area contributed by atoms with Gasteiger partial charge in [0.1, 0.15) is 0 Å². The van der Waals surface area contributed by atoms with Crippen molar-refractivity contribution < 1.29 is 14.0 Å². The molecular formula is C14H17N2O3+. The van der Waals surface area contributed by atoms with Crippen molar-refractivity contribution in [3.63, 3.8) is 0 Å². The predicted octanol–water partition coefficient (Wildman–Crippen LogP) is 2.56. The summed E-state index contributed by atoms with van der Waals surface area (Å²) in [5.74, 6) is -0.385. The van der Waals surface area contributed by atoms with Gasteiger partial charge in [0, 0.05) is 11.8 Å². The van der Waals surface area contributed by atoms with E-state index in [2.05, 4.69) is 23.9 Å². The lowest BCUT2D eigenvalue weighted by Gasteiger charge is -2.08. The van der Waals surface area contributed by atoms with E-state index in [4.69, 9.17) is 9.16 Å². The normalized spacial score (nSPS) is 12.3. The topological polar surface area (TPSA) is 66.3 Å². The van der Waals surface area contributed by atoms with Crippen LogP contribution in [0.4, 0.5) is 0 Å². The first-order valence-corrected chi connectivity index (χ1v) is 6.17. The van der Waals surface area contributed by atoms with Gasteiger partial charge in [0.2, 0.25) is 0 Å². The standard InChI is InChI=1S/C14H16N2O3/c1-4-5-13(18-2)10-6-9-8-15-16-12(9)7-11(10)14(17)19-3/h6-8,13H,2,4-5H2,1,3H3/p+1. The summed E-state index contributed by atoms with van der Waals surface area (Å²) in [4.78, 5) is 11.9. The van der Waals surface area contributed by atoms with Crippen LogP contribution < -0.4 is 0 Å². The average molecular weight is 261 g/mol. The molecule has 0 radical (unpaired) electrons. The first-order valence-electron chi connectivity index (χ1n) is 6.17. The molecule has 2 aromatic rings. The number of nitrogens with zero attached hydrogens (tertiary/aromatic N) is 1. The molecule has 0 saturated heterocycles. The third kappa shape index (κ3) is 2.50. The monoisotopic (exact) mass is 261 g/mol. The van der Waals surface area contributed by atoms with Crippen LogP contribution in [0.5, 0.6) is 0 Å². The summed E-state index contributed by atoms with van der Waals surface area (Å²) < 4.78 is 10.1. The molecule has 0 fully saturated rings. The van der Waals surface area contributed by atoms with Crippen molar-refractivity contribution in [3.8, 4) is 0 Å². The quantitative estimate of drug-likeness (QED) is 0.664. The van der Waals surface area contributed by atoms with Gasteiger partial charge in [-0.15, -0.1) is 0 Å². The number of carbonyl (C=O) groups excluding carboxylic acids is 2. The molecule has 0 spiro atoms. The van der Waals surface area contributed by atoms with Gasteiger partial charge in [0.05, 0.1) is 30.0 Å². The van der Waals surface area contributed by atoms with Crippen LogP contribution in [-0.2, 0) is 9.16 Å². The predicted molar refractivity (Wildman–Crippen MR) is 72.2 cm³/mol. The van der Waals surface area contributed by atoms with E-state index >= 15 is 0 Å². The minimum atomic E-state index is -0.385. The number of nitrogens with one attached hydrogen (secondary N) is 1. The van der Waals surface area contributed by atoms with Gasteiger partial charge in [-0.3, -0.25) is 9.52 Å². The number of H-pyrrole nitrogens is 1. The van der Waals surface area contributed by atoms with Crippen molar-refractivity contribution >= 4 is 23.7 Å². The SMILES string of the molecule is C=[O+]C(CCC)c1cc2cn[nH]c2cc1C(=O)OC. The van der Waals surface area contributed by atoms with E-state index in [9.17, 15) is 4.79 Å². The number of rotatable bonds is 5. The van der Waals surface area contributed by atoms with Crippen molar-refractivity contribution in [1.29, 1.82) is 0 Å². The van der Waals surface area contributed by atoms with Gasteiger partial charge in [-0.2, -0.15) is 5.10 Å². The second kappa shape index (κ2) is 5.65. The van der Waals surface area contributed by atoms with E-state index < -0.39 is 0 Å². The number of fused-ring (bicyclic) bond motifs is 1. The molecule has 100 valence electrons. The molecule has 0 saturated carbocycles. The minimum absolute atomic E-state index is 0.224. The maximum absolute atomic E-state index is 11.9. The highest BCUT2D eigenvalue weighted by Crippen LogP contribution is 2.28. The highest BCUT2D eigenvalue weighted by molar-refractivity contribution is 5.96. The number of benzene rings is 1. The molecule has 1 heterocycles. The number of esters is 1. The van der Waals surface area contributed by atoms with Gasteiger partial charge in [0.25, 0.3) is 12.9 Å². The summed E-state index contributed by atoms with van der Waals surface area (Å²) >= 11 is 0. The fraction of sp³-hybridized carbons (Fsp3) is 0.357. The lowest BCUT2D eigenvalue weighted by atomic mass is 9.97. The van der Waals surface area contributed by atoms with Crippen molar-refractivity contribution in [2.45, 2.75) is 25.9 Å². The van der Waals surface area contributed by atoms with E-state index in [1.54, 1.807) is 12.3 Å². The molecule has 1 N–H and O–H groups in total. The molecule has 1 unspecified atom stereocenters. The van der Waals surface area contributed by atoms with Gasteiger partial charge >= 0.3 is 5.97 Å². The summed E-state index contributed by atoms with van der Waals surface area (Å²) in [6, 6.07) is 3.64. The molecule has 0 amide bonds. The van der Waals surface area contributed by atoms with E-state index in [0.717, 1.165) is 29.3 Å². The van der Waals surface area contributed by atoms with Crippen LogP contribution in [0, 0.1) is 0 Å². The molecule has 5 heteroatoms. The largest absolute Gasteiger partial charge is 0.465 e. The molecule has 1 aromatic carbocycles. The van der Waals surface area contributed by atoms with E-state index in [1.165, 1.54) is 7.11 Å². The summed E-state index contributed by atoms with van der Waals surface area (Å²) in [5, 5.41) is 7.74. The van der Waals surface area contributed by atoms with Crippen LogP contribution in [0.2, 0.25) is 0 Å². The van der Waals surface area contributed by atoms with Crippen molar-refractivity contribution in [2.75, 3.05) is 7.11 Å². The number of aromatic amines is 1. The third-order valence-corrected chi connectivity index (χ3v) is 3.11. The Labute approximate surface area is 111 Å². The van der Waals surface area contributed by atoms with Crippen LogP contribution in [0.3, 0.4) is 0 Å². The maximum atomic E-state index is 11.9. The summed E-state index contributed by atoms with van der Waals surface area (Å²) in [7, 11) is 1.36. The third-order valence-electron chi connectivity index (χ3n) is 3.11. The van der Waals surface area contributed by atoms with Crippen molar-refractivity contribution in [2.24, 2.45) is 0 Å². The zero-order valence-corrected chi connectivity index (χ0v) is 11.1. The van der Waals surface area contributed by atoms with Crippen LogP contribution >= 0.6 is 0 Å². The van der Waals surface area contributed by atoms with Crippen LogP contribution in [-0.4, -0.2) is 30.1 Å². The number of hydrogen-bond donors (Lipinski definition) is 1. The Morgan fingerprint density at radius 1 is 1.58 bits per heavy atom. The minimum Gasteiger partial charge on any atom is -0.465 e. The molecule has 0 bridgehead atoms. The summed E-state index contributed by atoms with van der Waals surface area (Å²) in [6.45, 7) is 5.56. The zero-order valence-electron chi connectivity index (χ0n) is 11.1. The molecule has 0 aliphatic rings. The van der Waals surface area contributed by atoms with Gasteiger partial charge in [-0.05, 0) is 18.6 Å². The lowest BCUT2D eigenvalue weighted by molar-refractivity contribution is -0.502. The first kappa shape index (κ1) is 13.3. The lowest BCUT2D eigenvalue weighted by Crippen LogP contribution is -2.10. The van der Waals surface area contributed by atoms with Crippen molar-refractivity contribution in [1.82, 2.24) is 10.2 Å². The summed E-state index contributed by atoms with van der Waals surface area (Å²) in [5.41, 5.74) is 2.07. The molecule has 0 aliphatic carbocycles. The average Bonchev–Trinajstić information content (AvgIpc) is 2.89. The Hall–Kier alpha value is -2.17. The Kier molecular flexibility index (Phi) is 3.94. The highest BCUT2D eigenvalue weighted by Gasteiger charge is 2.26. The molecule has 19 heavy (non-hydrogen) atoms. The summed E-state index contributed by atoms with van der Waals surface area (Å²) in [6.07, 6.45) is 3.21. The van der Waals surface area contributed by atoms with E-state index in [-0.39, 0.29) is 12.1 Å². The molecule has 1 aromatic heterocycles. The fourth-order valence-corrected chi connectivity index (χ4v) is 2.15. The van der Waals surface area contributed by atoms with E-state index in [0.29, 0.717) is 5.56 Å². The number of ether oxygens (including phenoxy) is 1. The van der Waals surface area contributed by atoms with Crippen LogP contribution in [0.25, 0.3) is 10.9 Å². The second-order valence-corrected chi connectivity index (χ2v) is 4.33. The molecule has 1 atom stereocenters. The number of aromatic nitrogens is 2. The van der Waals surface area contributed by atoms with Crippen molar-refractivity contribution in [3.05, 3.63) is 29.5 Å². The Balaban J connectivity index is 2.60. The van der Waals surface area contributed by atoms with Gasteiger partial charge in [0.15, 0.2) is 0 Å². The molecular weight excluding hydrogens is 244 g/mol.